The molecule has 0 fully saturated rings. The lowest BCUT2D eigenvalue weighted by molar-refractivity contribution is 0.0952. The maximum absolute atomic E-state index is 11.4. The first-order valence-electron chi connectivity index (χ1n) is 6.17. The van der Waals surface area contributed by atoms with Gasteiger partial charge in [0.05, 0.1) is 6.54 Å². The molecule has 110 valence electrons. The van der Waals surface area contributed by atoms with Crippen molar-refractivity contribution in [1.82, 2.24) is 15.2 Å². The van der Waals surface area contributed by atoms with Gasteiger partial charge in [-0.25, -0.2) is 5.84 Å². The Labute approximate surface area is 120 Å². The number of nitrogens with zero attached hydrogens (tertiary/aromatic N) is 2. The molecule has 0 saturated carbocycles. The molecule has 0 saturated heterocycles. The van der Waals surface area contributed by atoms with E-state index in [0.29, 0.717) is 24.5 Å². The Hall–Kier alpha value is -2.87. The van der Waals surface area contributed by atoms with Crippen molar-refractivity contribution in [3.05, 3.63) is 47.8 Å². The first-order chi connectivity index (χ1) is 10.1. The van der Waals surface area contributed by atoms with Crippen LogP contribution in [0.5, 0.6) is 5.75 Å². The van der Waals surface area contributed by atoms with Crippen LogP contribution < -0.4 is 21.7 Å². The summed E-state index contributed by atoms with van der Waals surface area (Å²) in [5, 5.41) is 3.98. The number of amides is 2. The molecule has 8 heteroatoms. The second kappa shape index (κ2) is 6.53. The summed E-state index contributed by atoms with van der Waals surface area (Å²) in [6.07, 6.45) is 1.64. The highest BCUT2D eigenvalue weighted by molar-refractivity contribution is 5.94. The molecule has 2 amide bonds. The minimum absolute atomic E-state index is 0.205. The number of aromatic nitrogens is 2. The zero-order valence-corrected chi connectivity index (χ0v) is 11.2. The molecular weight excluding hydrogens is 274 g/mol. The maximum Gasteiger partial charge on any atom is 0.269 e. The van der Waals surface area contributed by atoms with Crippen LogP contribution >= 0.6 is 0 Å². The molecule has 0 bridgehead atoms. The van der Waals surface area contributed by atoms with Gasteiger partial charge in [-0.3, -0.25) is 19.7 Å². The summed E-state index contributed by atoms with van der Waals surface area (Å²) < 4.78 is 7.07. The van der Waals surface area contributed by atoms with E-state index in [-0.39, 0.29) is 5.69 Å². The van der Waals surface area contributed by atoms with E-state index in [0.717, 1.165) is 0 Å². The molecule has 2 rings (SSSR count). The highest BCUT2D eigenvalue weighted by Crippen LogP contribution is 2.13. The second-order valence-electron chi connectivity index (χ2n) is 4.18. The first kappa shape index (κ1) is 14.5. The molecular formula is C13H15N5O3. The predicted octanol–water partition coefficient (Wildman–Crippen LogP) is -0.336. The van der Waals surface area contributed by atoms with Gasteiger partial charge in [-0.2, -0.15) is 5.10 Å². The molecule has 0 aliphatic heterocycles. The van der Waals surface area contributed by atoms with Crippen LogP contribution in [-0.4, -0.2) is 28.2 Å². The van der Waals surface area contributed by atoms with E-state index in [4.69, 9.17) is 16.3 Å². The number of nitrogen functional groups attached to an aromatic ring is 1. The monoisotopic (exact) mass is 289 g/mol. The van der Waals surface area contributed by atoms with Gasteiger partial charge in [0.15, 0.2) is 0 Å². The number of nitrogens with two attached hydrogens (primary N) is 2. The number of hydrazine groups is 1. The zero-order valence-electron chi connectivity index (χ0n) is 11.2. The van der Waals surface area contributed by atoms with Gasteiger partial charge < -0.3 is 10.5 Å². The van der Waals surface area contributed by atoms with Crippen molar-refractivity contribution >= 4 is 11.8 Å². The number of primary amides is 1. The van der Waals surface area contributed by atoms with E-state index >= 15 is 0 Å². The van der Waals surface area contributed by atoms with E-state index in [2.05, 4.69) is 10.5 Å². The van der Waals surface area contributed by atoms with Crippen molar-refractivity contribution in [3.8, 4) is 5.75 Å². The average molecular weight is 289 g/mol. The van der Waals surface area contributed by atoms with E-state index in [1.54, 1.807) is 35.1 Å². The molecule has 1 aromatic carbocycles. The third-order valence-corrected chi connectivity index (χ3v) is 2.71. The summed E-state index contributed by atoms with van der Waals surface area (Å²) in [6.45, 7) is 0.772. The maximum atomic E-state index is 11.4. The Balaban J connectivity index is 1.91. The van der Waals surface area contributed by atoms with Gasteiger partial charge in [-0.1, -0.05) is 6.07 Å². The SMILES string of the molecule is NNC(=O)c1cccc(OCCn2ccc(C(N)=O)n2)c1. The Morgan fingerprint density at radius 3 is 2.81 bits per heavy atom. The van der Waals surface area contributed by atoms with E-state index in [1.807, 2.05) is 0 Å². The smallest absolute Gasteiger partial charge is 0.269 e. The van der Waals surface area contributed by atoms with Gasteiger partial charge in [0.2, 0.25) is 0 Å². The lowest BCUT2D eigenvalue weighted by atomic mass is 10.2. The van der Waals surface area contributed by atoms with Crippen LogP contribution in [0, 0.1) is 0 Å². The molecule has 0 atom stereocenters. The zero-order chi connectivity index (χ0) is 15.2. The number of benzene rings is 1. The number of carbonyl (C=O) groups excluding carboxylic acids is 2. The van der Waals surface area contributed by atoms with Gasteiger partial charge in [-0.05, 0) is 24.3 Å². The summed E-state index contributed by atoms with van der Waals surface area (Å²) in [4.78, 5) is 22.3. The minimum atomic E-state index is -0.574. The minimum Gasteiger partial charge on any atom is -0.492 e. The van der Waals surface area contributed by atoms with Crippen molar-refractivity contribution in [3.63, 3.8) is 0 Å². The molecule has 0 spiro atoms. The fraction of sp³-hybridized carbons (Fsp3) is 0.154. The van der Waals surface area contributed by atoms with Gasteiger partial charge >= 0.3 is 0 Å². The van der Waals surface area contributed by atoms with Crippen LogP contribution in [0.25, 0.3) is 0 Å². The molecule has 2 aromatic rings. The Bertz CT molecular complexity index is 653. The van der Waals surface area contributed by atoms with Crippen molar-refractivity contribution in [2.24, 2.45) is 11.6 Å². The normalized spacial score (nSPS) is 10.1. The van der Waals surface area contributed by atoms with Crippen LogP contribution in [0.15, 0.2) is 36.5 Å². The first-order valence-corrected chi connectivity index (χ1v) is 6.17. The van der Waals surface area contributed by atoms with Crippen molar-refractivity contribution in [2.75, 3.05) is 6.61 Å². The quantitative estimate of drug-likeness (QED) is 0.381. The van der Waals surface area contributed by atoms with Crippen molar-refractivity contribution < 1.29 is 14.3 Å². The standard InChI is InChI=1S/C13H15N5O3/c14-12(19)11-4-5-18(17-11)6-7-21-10-3-1-2-9(8-10)13(20)16-15/h1-5,8H,6-7,15H2,(H2,14,19)(H,16,20). The summed E-state index contributed by atoms with van der Waals surface area (Å²) >= 11 is 0. The largest absolute Gasteiger partial charge is 0.492 e. The van der Waals surface area contributed by atoms with E-state index in [9.17, 15) is 9.59 Å². The molecule has 0 aliphatic carbocycles. The lowest BCUT2D eigenvalue weighted by Gasteiger charge is -2.07. The fourth-order valence-corrected chi connectivity index (χ4v) is 1.69. The summed E-state index contributed by atoms with van der Waals surface area (Å²) in [7, 11) is 0. The Morgan fingerprint density at radius 2 is 2.14 bits per heavy atom. The molecule has 21 heavy (non-hydrogen) atoms. The fourth-order valence-electron chi connectivity index (χ4n) is 1.69. The topological polar surface area (TPSA) is 125 Å². The van der Waals surface area contributed by atoms with Crippen molar-refractivity contribution in [2.45, 2.75) is 6.54 Å². The van der Waals surface area contributed by atoms with Gasteiger partial charge in [0, 0.05) is 11.8 Å². The molecule has 0 radical (unpaired) electrons. The Morgan fingerprint density at radius 1 is 1.33 bits per heavy atom. The molecule has 8 nitrogen and oxygen atoms in total. The third kappa shape index (κ3) is 3.80. The number of carbonyl (C=O) groups is 2. The molecule has 1 heterocycles. The molecule has 0 unspecified atom stereocenters. The van der Waals surface area contributed by atoms with Gasteiger partial charge in [-0.15, -0.1) is 0 Å². The lowest BCUT2D eigenvalue weighted by Crippen LogP contribution is -2.29. The van der Waals surface area contributed by atoms with Crippen molar-refractivity contribution in [1.29, 1.82) is 0 Å². The van der Waals surface area contributed by atoms with E-state index in [1.165, 1.54) is 6.07 Å². The average Bonchev–Trinajstić information content (AvgIpc) is 2.96. The van der Waals surface area contributed by atoms with Gasteiger partial charge in [0.25, 0.3) is 11.8 Å². The second-order valence-corrected chi connectivity index (χ2v) is 4.18. The van der Waals surface area contributed by atoms with Crippen LogP contribution in [0.4, 0.5) is 0 Å². The summed E-state index contributed by atoms with van der Waals surface area (Å²) in [6, 6.07) is 8.17. The number of nitrogens with one attached hydrogen (secondary N) is 1. The third-order valence-electron chi connectivity index (χ3n) is 2.71. The van der Waals surface area contributed by atoms with E-state index < -0.39 is 11.8 Å². The molecule has 0 aliphatic rings. The van der Waals surface area contributed by atoms with Crippen LogP contribution in [-0.2, 0) is 6.54 Å². The number of rotatable bonds is 6. The van der Waals surface area contributed by atoms with Crippen LogP contribution in [0.1, 0.15) is 20.8 Å². The summed E-state index contributed by atoms with van der Waals surface area (Å²) in [5.74, 6) is 4.64. The molecule has 5 N–H and O–H groups in total. The van der Waals surface area contributed by atoms with Crippen LogP contribution in [0.3, 0.4) is 0 Å². The predicted molar refractivity (Wildman–Crippen MR) is 74.3 cm³/mol. The summed E-state index contributed by atoms with van der Waals surface area (Å²) in [5.41, 5.74) is 7.77. The number of ether oxygens (including phenoxy) is 1. The highest BCUT2D eigenvalue weighted by atomic mass is 16.5. The van der Waals surface area contributed by atoms with Gasteiger partial charge in [0.1, 0.15) is 18.1 Å². The number of hydrogen-bond donors (Lipinski definition) is 3. The van der Waals surface area contributed by atoms with Crippen LogP contribution in [0.2, 0.25) is 0 Å². The molecule has 1 aromatic heterocycles. The highest BCUT2D eigenvalue weighted by Gasteiger charge is 2.06. The Kier molecular flexibility index (Phi) is 4.52. The number of hydrogen-bond acceptors (Lipinski definition) is 5.